The van der Waals surface area contributed by atoms with Gasteiger partial charge in [-0.3, -0.25) is 9.59 Å². The minimum Gasteiger partial charge on any atom is -0.357 e. The van der Waals surface area contributed by atoms with Gasteiger partial charge in [-0.25, -0.2) is 4.98 Å². The summed E-state index contributed by atoms with van der Waals surface area (Å²) in [6.07, 6.45) is 4.99. The molecule has 162 valence electrons. The summed E-state index contributed by atoms with van der Waals surface area (Å²) in [4.78, 5) is 32.4. The maximum Gasteiger partial charge on any atom is 0.272 e. The molecular weight excluding hydrogens is 368 g/mol. The van der Waals surface area contributed by atoms with Crippen LogP contribution in [0.25, 0.3) is 6.08 Å². The summed E-state index contributed by atoms with van der Waals surface area (Å²) in [5, 5.41) is 8.82. The highest BCUT2D eigenvalue weighted by Gasteiger charge is 2.34. The van der Waals surface area contributed by atoms with Crippen LogP contribution in [0.2, 0.25) is 0 Å². The fraction of sp³-hybridized carbons (Fsp3) is 0.667. The minimum absolute atomic E-state index is 0.209. The van der Waals surface area contributed by atoms with E-state index in [1.807, 2.05) is 40.0 Å². The van der Waals surface area contributed by atoms with Crippen LogP contribution in [0, 0.1) is 5.41 Å². The van der Waals surface area contributed by atoms with Gasteiger partial charge in [0, 0.05) is 26.7 Å². The van der Waals surface area contributed by atoms with E-state index < -0.39 is 11.5 Å². The summed E-state index contributed by atoms with van der Waals surface area (Å²) in [6.45, 7) is 11.9. The van der Waals surface area contributed by atoms with Crippen molar-refractivity contribution < 1.29 is 9.59 Å². The Morgan fingerprint density at radius 2 is 2.00 bits per heavy atom. The first-order valence-corrected chi connectivity index (χ1v) is 10.4. The van der Waals surface area contributed by atoms with Crippen LogP contribution in [-0.2, 0) is 17.9 Å². The van der Waals surface area contributed by atoms with E-state index in [2.05, 4.69) is 37.3 Å². The first-order chi connectivity index (χ1) is 13.7. The van der Waals surface area contributed by atoms with Crippen LogP contribution in [0.1, 0.15) is 56.1 Å². The Morgan fingerprint density at radius 1 is 1.28 bits per heavy atom. The van der Waals surface area contributed by atoms with Crippen LogP contribution >= 0.6 is 0 Å². The molecule has 0 saturated carbocycles. The number of hydrogen-bond acceptors (Lipinski definition) is 5. The molecule has 2 rings (SSSR count). The number of nitrogens with one attached hydrogen (secondary N) is 3. The smallest absolute Gasteiger partial charge is 0.272 e. The lowest BCUT2D eigenvalue weighted by molar-refractivity contribution is -0.124. The molecule has 0 radical (unpaired) electrons. The molecule has 0 saturated heterocycles. The molecule has 1 aromatic heterocycles. The van der Waals surface area contributed by atoms with Gasteiger partial charge >= 0.3 is 0 Å². The zero-order chi connectivity index (χ0) is 21.6. The van der Waals surface area contributed by atoms with E-state index in [1.165, 1.54) is 0 Å². The largest absolute Gasteiger partial charge is 0.357 e. The first-order valence-electron chi connectivity index (χ1n) is 10.4. The zero-order valence-electron chi connectivity index (χ0n) is 18.6. The van der Waals surface area contributed by atoms with Crippen LogP contribution < -0.4 is 16.0 Å². The lowest BCUT2D eigenvalue weighted by Gasteiger charge is -2.29. The van der Waals surface area contributed by atoms with Crippen molar-refractivity contribution in [2.24, 2.45) is 5.41 Å². The van der Waals surface area contributed by atoms with Crippen molar-refractivity contribution in [3.05, 3.63) is 23.3 Å². The van der Waals surface area contributed by atoms with E-state index >= 15 is 0 Å². The summed E-state index contributed by atoms with van der Waals surface area (Å²) in [7, 11) is 3.63. The van der Waals surface area contributed by atoms with Crippen LogP contribution in [0.4, 0.5) is 0 Å². The molecule has 1 atom stereocenters. The molecule has 8 heteroatoms. The Labute approximate surface area is 174 Å². The van der Waals surface area contributed by atoms with Gasteiger partial charge in [-0.05, 0) is 38.0 Å². The number of likely N-dealkylation sites (N-methyl/N-ethyl adjacent to an activating group) is 2. The maximum absolute atomic E-state index is 13.2. The van der Waals surface area contributed by atoms with Crippen molar-refractivity contribution in [2.45, 2.75) is 53.2 Å². The number of nitrogens with zero attached hydrogens (tertiary/aromatic N) is 3. The highest BCUT2D eigenvalue weighted by Crippen LogP contribution is 2.23. The van der Waals surface area contributed by atoms with Crippen molar-refractivity contribution in [3.8, 4) is 0 Å². The van der Waals surface area contributed by atoms with E-state index in [0.29, 0.717) is 12.2 Å². The number of hydrogen-bond donors (Lipinski definition) is 3. The molecule has 0 aliphatic carbocycles. The van der Waals surface area contributed by atoms with Gasteiger partial charge in [-0.15, -0.1) is 0 Å². The van der Waals surface area contributed by atoms with E-state index in [1.54, 1.807) is 7.05 Å². The van der Waals surface area contributed by atoms with Crippen molar-refractivity contribution in [1.82, 2.24) is 30.4 Å². The fourth-order valence-electron chi connectivity index (χ4n) is 3.47. The third-order valence-electron chi connectivity index (χ3n) is 5.09. The van der Waals surface area contributed by atoms with Crippen molar-refractivity contribution >= 4 is 17.9 Å². The Bertz CT molecular complexity index is 747. The molecule has 0 bridgehead atoms. The Kier molecular flexibility index (Phi) is 7.98. The summed E-state index contributed by atoms with van der Waals surface area (Å²) in [5.74, 6) is 0.267. The Hall–Kier alpha value is -2.19. The number of imidazole rings is 1. The third-order valence-corrected chi connectivity index (χ3v) is 5.09. The van der Waals surface area contributed by atoms with Crippen molar-refractivity contribution in [3.63, 3.8) is 0 Å². The normalized spacial score (nSPS) is 16.3. The summed E-state index contributed by atoms with van der Waals surface area (Å²) < 4.78 is 2.13. The number of carbonyl (C=O) groups is 2. The number of carbonyl (C=O) groups excluding carboxylic acids is 2. The van der Waals surface area contributed by atoms with Crippen LogP contribution in [-0.4, -0.2) is 66.0 Å². The van der Waals surface area contributed by atoms with E-state index in [9.17, 15) is 9.59 Å². The molecule has 8 nitrogen and oxygen atoms in total. The molecule has 29 heavy (non-hydrogen) atoms. The van der Waals surface area contributed by atoms with Gasteiger partial charge in [-0.1, -0.05) is 33.8 Å². The number of amides is 2. The second-order valence-corrected chi connectivity index (χ2v) is 8.61. The van der Waals surface area contributed by atoms with Gasteiger partial charge in [0.15, 0.2) is 5.69 Å². The molecule has 0 fully saturated rings. The molecular formula is C21H36N6O2. The average molecular weight is 405 g/mol. The Morgan fingerprint density at radius 3 is 2.62 bits per heavy atom. The molecule has 1 aromatic rings. The SMILES string of the molecule is CCNC/C=C/c1nc(C(=O)N[C@H](C(=O)NC)C(C)(C)C)c2n1CCCN(C)C2. The monoisotopic (exact) mass is 404 g/mol. The predicted octanol–water partition coefficient (Wildman–Crippen LogP) is 1.23. The van der Waals surface area contributed by atoms with Gasteiger partial charge in [-0.2, -0.15) is 0 Å². The molecule has 2 amide bonds. The highest BCUT2D eigenvalue weighted by atomic mass is 16.2. The summed E-state index contributed by atoms with van der Waals surface area (Å²) in [5.41, 5.74) is 0.882. The fourth-order valence-corrected chi connectivity index (χ4v) is 3.47. The topological polar surface area (TPSA) is 91.3 Å². The standard InChI is InChI=1S/C21H36N6O2/c1-7-23-11-8-10-16-24-17(15-14-26(6)12-9-13-27(15)16)19(28)25-18(20(29)22-5)21(2,3)4/h8,10,18,23H,7,9,11-14H2,1-6H3,(H,22,29)(H,25,28)/b10-8+/t18-/m1/s1. The summed E-state index contributed by atoms with van der Waals surface area (Å²) >= 11 is 0. The summed E-state index contributed by atoms with van der Waals surface area (Å²) in [6, 6.07) is -0.645. The van der Waals surface area contributed by atoms with Crippen LogP contribution in [0.15, 0.2) is 6.08 Å². The second kappa shape index (κ2) is 10.0. The predicted molar refractivity (Wildman–Crippen MR) is 116 cm³/mol. The molecule has 1 aliphatic heterocycles. The van der Waals surface area contributed by atoms with Crippen LogP contribution in [0.3, 0.4) is 0 Å². The third kappa shape index (κ3) is 5.90. The van der Waals surface area contributed by atoms with Gasteiger partial charge in [0.25, 0.3) is 5.91 Å². The molecule has 3 N–H and O–H groups in total. The second-order valence-electron chi connectivity index (χ2n) is 8.61. The van der Waals surface area contributed by atoms with Gasteiger partial charge in [0.05, 0.1) is 5.69 Å². The quantitative estimate of drug-likeness (QED) is 0.595. The highest BCUT2D eigenvalue weighted by molar-refractivity contribution is 5.97. The van der Waals surface area contributed by atoms with Gasteiger partial charge in [0.1, 0.15) is 11.9 Å². The van der Waals surface area contributed by atoms with Gasteiger partial charge in [0.2, 0.25) is 5.91 Å². The molecule has 0 spiro atoms. The molecule has 0 unspecified atom stereocenters. The molecule has 1 aliphatic rings. The number of fused-ring (bicyclic) bond motifs is 1. The van der Waals surface area contributed by atoms with E-state index in [4.69, 9.17) is 0 Å². The van der Waals surface area contributed by atoms with E-state index in [0.717, 1.165) is 44.1 Å². The van der Waals surface area contributed by atoms with Gasteiger partial charge < -0.3 is 25.4 Å². The molecule has 0 aromatic carbocycles. The van der Waals surface area contributed by atoms with Crippen molar-refractivity contribution in [1.29, 1.82) is 0 Å². The van der Waals surface area contributed by atoms with Crippen molar-refractivity contribution in [2.75, 3.05) is 33.7 Å². The van der Waals surface area contributed by atoms with Crippen LogP contribution in [0.5, 0.6) is 0 Å². The Balaban J connectivity index is 2.37. The number of rotatable bonds is 7. The number of aromatic nitrogens is 2. The molecule has 2 heterocycles. The lowest BCUT2D eigenvalue weighted by Crippen LogP contribution is -2.53. The maximum atomic E-state index is 13.2. The first kappa shape index (κ1) is 23.1. The lowest BCUT2D eigenvalue weighted by atomic mass is 9.86. The average Bonchev–Trinajstić information content (AvgIpc) is 2.86. The zero-order valence-corrected chi connectivity index (χ0v) is 18.6. The minimum atomic E-state index is -0.645. The van der Waals surface area contributed by atoms with E-state index in [-0.39, 0.29) is 11.8 Å².